The van der Waals surface area contributed by atoms with Gasteiger partial charge in [0.1, 0.15) is 5.75 Å². The SMILES string of the molecule is COCC1(COC)CC(=CC(=O)Nc2ccc3c(c2)NS(=O)(=O)CC3)c2ccc(C(F)(F)F)cc2O1. The van der Waals surface area contributed by atoms with Crippen molar-refractivity contribution < 1.29 is 40.6 Å². The lowest BCUT2D eigenvalue weighted by Crippen LogP contribution is -2.47. The first-order chi connectivity index (χ1) is 16.9. The van der Waals surface area contributed by atoms with Gasteiger partial charge in [-0.05, 0) is 41.8 Å². The summed E-state index contributed by atoms with van der Waals surface area (Å²) in [5.41, 5.74) is 0.323. The van der Waals surface area contributed by atoms with Crippen molar-refractivity contribution in [1.29, 1.82) is 0 Å². The number of hydrogen-bond donors (Lipinski definition) is 2. The zero-order chi connectivity index (χ0) is 26.1. The van der Waals surface area contributed by atoms with Crippen LogP contribution in [0.5, 0.6) is 5.75 Å². The number of hydrogen-bond acceptors (Lipinski definition) is 6. The van der Waals surface area contributed by atoms with Crippen molar-refractivity contribution in [3.05, 3.63) is 59.2 Å². The molecule has 2 heterocycles. The maximum absolute atomic E-state index is 13.3. The number of fused-ring (bicyclic) bond motifs is 2. The molecular formula is C24H25F3N2O6S. The van der Waals surface area contributed by atoms with Gasteiger partial charge in [0.05, 0.1) is 30.2 Å². The summed E-state index contributed by atoms with van der Waals surface area (Å²) < 4.78 is 82.7. The van der Waals surface area contributed by atoms with Crippen LogP contribution in [0.25, 0.3) is 5.57 Å². The molecule has 12 heteroatoms. The number of aryl methyl sites for hydroxylation is 1. The van der Waals surface area contributed by atoms with Gasteiger partial charge in [-0.1, -0.05) is 12.1 Å². The number of methoxy groups -OCH3 is 2. The van der Waals surface area contributed by atoms with E-state index in [1.807, 2.05) is 0 Å². The number of alkyl halides is 3. The summed E-state index contributed by atoms with van der Waals surface area (Å²) in [6, 6.07) is 8.01. The van der Waals surface area contributed by atoms with Crippen molar-refractivity contribution in [3.8, 4) is 5.75 Å². The van der Waals surface area contributed by atoms with E-state index >= 15 is 0 Å². The van der Waals surface area contributed by atoms with E-state index in [0.29, 0.717) is 28.9 Å². The van der Waals surface area contributed by atoms with Gasteiger partial charge in [-0.2, -0.15) is 13.2 Å². The molecule has 2 N–H and O–H groups in total. The van der Waals surface area contributed by atoms with E-state index in [1.165, 1.54) is 32.4 Å². The van der Waals surface area contributed by atoms with E-state index in [4.69, 9.17) is 14.2 Å². The van der Waals surface area contributed by atoms with E-state index in [2.05, 4.69) is 10.0 Å². The Morgan fingerprint density at radius 1 is 1.17 bits per heavy atom. The van der Waals surface area contributed by atoms with Crippen molar-refractivity contribution in [2.75, 3.05) is 43.2 Å². The summed E-state index contributed by atoms with van der Waals surface area (Å²) in [7, 11) is -0.561. The fraction of sp³-hybridized carbons (Fsp3) is 0.375. The van der Waals surface area contributed by atoms with Crippen molar-refractivity contribution in [1.82, 2.24) is 0 Å². The number of carbonyl (C=O) groups is 1. The van der Waals surface area contributed by atoms with E-state index < -0.39 is 33.3 Å². The van der Waals surface area contributed by atoms with Crippen LogP contribution in [-0.2, 0) is 36.9 Å². The average molecular weight is 527 g/mol. The van der Waals surface area contributed by atoms with Crippen molar-refractivity contribution >= 4 is 32.9 Å². The van der Waals surface area contributed by atoms with Gasteiger partial charge in [-0.25, -0.2) is 8.42 Å². The first kappa shape index (κ1) is 26.0. The Labute approximate surface area is 206 Å². The predicted molar refractivity (Wildman–Crippen MR) is 127 cm³/mol. The van der Waals surface area contributed by atoms with Crippen molar-refractivity contribution in [3.63, 3.8) is 0 Å². The first-order valence-electron chi connectivity index (χ1n) is 11.0. The highest BCUT2D eigenvalue weighted by Crippen LogP contribution is 2.43. The Morgan fingerprint density at radius 3 is 2.56 bits per heavy atom. The van der Waals surface area contributed by atoms with Gasteiger partial charge >= 0.3 is 6.18 Å². The maximum Gasteiger partial charge on any atom is 0.416 e. The van der Waals surface area contributed by atoms with Crippen molar-refractivity contribution in [2.24, 2.45) is 0 Å². The molecule has 0 atom stereocenters. The third-order valence-electron chi connectivity index (χ3n) is 5.90. The Bertz CT molecular complexity index is 1300. The van der Waals surface area contributed by atoms with E-state index in [9.17, 15) is 26.4 Å². The van der Waals surface area contributed by atoms with E-state index in [0.717, 1.165) is 17.7 Å². The standard InChI is InChI=1S/C24H25F3N2O6S/c1-33-13-23(14-34-2)12-16(19-6-4-17(24(25,26)27)10-21(19)35-23)9-22(30)28-18-5-3-15-7-8-36(31,32)29-20(15)11-18/h3-6,9-11,29H,7-8,12-14H2,1-2H3,(H,28,30). The number of benzene rings is 2. The van der Waals surface area contributed by atoms with Crippen molar-refractivity contribution in [2.45, 2.75) is 24.6 Å². The van der Waals surface area contributed by atoms with E-state index in [1.54, 1.807) is 12.1 Å². The number of sulfonamides is 1. The molecule has 0 unspecified atom stereocenters. The maximum atomic E-state index is 13.3. The Balaban J connectivity index is 1.67. The van der Waals surface area contributed by atoms with Crippen LogP contribution < -0.4 is 14.8 Å². The molecule has 1 amide bonds. The topological polar surface area (TPSA) is 103 Å². The van der Waals surface area contributed by atoms with Gasteiger partial charge < -0.3 is 19.5 Å². The molecule has 4 rings (SSSR count). The molecule has 8 nitrogen and oxygen atoms in total. The number of nitrogens with one attached hydrogen (secondary N) is 2. The fourth-order valence-electron chi connectivity index (χ4n) is 4.38. The second kappa shape index (κ2) is 9.75. The van der Waals surface area contributed by atoms with Crippen LogP contribution in [0.2, 0.25) is 0 Å². The van der Waals surface area contributed by atoms with Gasteiger partial charge in [0.15, 0.2) is 5.60 Å². The van der Waals surface area contributed by atoms with Crippen LogP contribution in [0.4, 0.5) is 24.5 Å². The number of halogens is 3. The minimum atomic E-state index is -4.57. The smallest absolute Gasteiger partial charge is 0.416 e. The van der Waals surface area contributed by atoms with Crippen LogP contribution in [-0.4, -0.2) is 53.1 Å². The summed E-state index contributed by atoms with van der Waals surface area (Å²) in [5.74, 6) is -0.590. The molecule has 2 aromatic carbocycles. The molecule has 2 aliphatic heterocycles. The molecule has 0 aromatic heterocycles. The van der Waals surface area contributed by atoms with Gasteiger partial charge in [0.25, 0.3) is 0 Å². The average Bonchev–Trinajstić information content (AvgIpc) is 2.77. The minimum Gasteiger partial charge on any atom is -0.481 e. The molecule has 2 aromatic rings. The second-order valence-electron chi connectivity index (χ2n) is 8.74. The lowest BCUT2D eigenvalue weighted by molar-refractivity contribution is -0.138. The number of carbonyl (C=O) groups excluding carboxylic acids is 1. The number of amides is 1. The highest BCUT2D eigenvalue weighted by atomic mass is 32.2. The molecule has 36 heavy (non-hydrogen) atoms. The molecule has 0 spiro atoms. The molecule has 0 aliphatic carbocycles. The third kappa shape index (κ3) is 5.66. The lowest BCUT2D eigenvalue weighted by Gasteiger charge is -2.39. The second-order valence-corrected chi connectivity index (χ2v) is 10.6. The van der Waals surface area contributed by atoms with Gasteiger partial charge in [-0.15, -0.1) is 0 Å². The lowest BCUT2D eigenvalue weighted by atomic mass is 9.86. The van der Waals surface area contributed by atoms with Gasteiger partial charge in [-0.3, -0.25) is 9.52 Å². The Hall–Kier alpha value is -3.09. The molecule has 194 valence electrons. The number of rotatable bonds is 6. The van der Waals surface area contributed by atoms with Gasteiger partial charge in [0, 0.05) is 38.0 Å². The molecule has 0 saturated carbocycles. The van der Waals surface area contributed by atoms with Crippen LogP contribution in [0.1, 0.15) is 23.1 Å². The molecule has 0 fully saturated rings. The molecule has 2 aliphatic rings. The Morgan fingerprint density at radius 2 is 1.89 bits per heavy atom. The zero-order valence-electron chi connectivity index (χ0n) is 19.6. The normalized spacial score (nSPS) is 19.0. The summed E-state index contributed by atoms with van der Waals surface area (Å²) in [6.45, 7) is 0.0287. The highest BCUT2D eigenvalue weighted by Gasteiger charge is 2.41. The number of ether oxygens (including phenoxy) is 3. The van der Waals surface area contributed by atoms with Gasteiger partial charge in [0.2, 0.25) is 15.9 Å². The summed E-state index contributed by atoms with van der Waals surface area (Å²) in [6.07, 6.45) is -2.78. The molecule has 0 saturated heterocycles. The minimum absolute atomic E-state index is 0.0139. The largest absolute Gasteiger partial charge is 0.481 e. The fourth-order valence-corrected chi connectivity index (χ4v) is 5.50. The number of anilines is 2. The first-order valence-corrected chi connectivity index (χ1v) is 12.6. The predicted octanol–water partition coefficient (Wildman–Crippen LogP) is 3.84. The van der Waals surface area contributed by atoms with Crippen LogP contribution >= 0.6 is 0 Å². The quantitative estimate of drug-likeness (QED) is 0.555. The van der Waals surface area contributed by atoms with Crippen LogP contribution in [0, 0.1) is 0 Å². The third-order valence-corrected chi connectivity index (χ3v) is 7.17. The summed E-state index contributed by atoms with van der Waals surface area (Å²) >= 11 is 0. The summed E-state index contributed by atoms with van der Waals surface area (Å²) in [5, 5.41) is 2.69. The van der Waals surface area contributed by atoms with E-state index in [-0.39, 0.29) is 31.1 Å². The molecular weight excluding hydrogens is 501 g/mol. The zero-order valence-corrected chi connectivity index (χ0v) is 20.4. The monoisotopic (exact) mass is 526 g/mol. The Kier molecular flexibility index (Phi) is 7.04. The highest BCUT2D eigenvalue weighted by molar-refractivity contribution is 7.92. The molecule has 0 radical (unpaired) electrons. The molecule has 0 bridgehead atoms. The summed E-state index contributed by atoms with van der Waals surface area (Å²) in [4.78, 5) is 12.9. The van der Waals surface area contributed by atoms with Crippen LogP contribution in [0.15, 0.2) is 42.5 Å². The van der Waals surface area contributed by atoms with Crippen LogP contribution in [0.3, 0.4) is 0 Å².